The molecule has 4 aromatic rings. The second kappa shape index (κ2) is 8.88. The SMILES string of the molecule is CCCCCOc1ccc(-c2nc3sc(=Cc4cccc(Br)c4)c(=O)n3n2)cc1. The minimum absolute atomic E-state index is 0.153. The minimum atomic E-state index is -0.153. The molecular formula is C22H20BrN3O2S. The summed E-state index contributed by atoms with van der Waals surface area (Å²) in [5.41, 5.74) is 1.66. The monoisotopic (exact) mass is 469 g/mol. The minimum Gasteiger partial charge on any atom is -0.494 e. The zero-order chi connectivity index (χ0) is 20.2. The van der Waals surface area contributed by atoms with E-state index in [1.165, 1.54) is 28.7 Å². The first kappa shape index (κ1) is 19.8. The Hall–Kier alpha value is -2.51. The van der Waals surface area contributed by atoms with Crippen LogP contribution in [0.2, 0.25) is 0 Å². The molecular weight excluding hydrogens is 450 g/mol. The quantitative estimate of drug-likeness (QED) is 0.368. The van der Waals surface area contributed by atoms with E-state index in [0.717, 1.165) is 34.4 Å². The van der Waals surface area contributed by atoms with Gasteiger partial charge in [-0.1, -0.05) is 59.2 Å². The van der Waals surface area contributed by atoms with Crippen molar-refractivity contribution in [3.8, 4) is 17.1 Å². The molecule has 7 heteroatoms. The van der Waals surface area contributed by atoms with Crippen molar-refractivity contribution in [3.63, 3.8) is 0 Å². The van der Waals surface area contributed by atoms with E-state index in [1.54, 1.807) is 0 Å². The Morgan fingerprint density at radius 3 is 2.72 bits per heavy atom. The van der Waals surface area contributed by atoms with E-state index < -0.39 is 0 Å². The third kappa shape index (κ3) is 4.57. The molecule has 0 aliphatic heterocycles. The Labute approximate surface area is 180 Å². The molecule has 2 aromatic carbocycles. The summed E-state index contributed by atoms with van der Waals surface area (Å²) in [6.07, 6.45) is 5.27. The number of thiazole rings is 1. The van der Waals surface area contributed by atoms with Crippen LogP contribution in [0.5, 0.6) is 5.75 Å². The van der Waals surface area contributed by atoms with Crippen molar-refractivity contribution in [1.82, 2.24) is 14.6 Å². The Kier molecular flexibility index (Phi) is 6.06. The molecule has 0 aliphatic carbocycles. The molecule has 2 aromatic heterocycles. The molecule has 0 saturated heterocycles. The second-order valence-corrected chi connectivity index (χ2v) is 8.61. The smallest absolute Gasteiger partial charge is 0.291 e. The number of nitrogens with zero attached hydrogens (tertiary/aromatic N) is 3. The number of unbranched alkanes of at least 4 members (excludes halogenated alkanes) is 2. The van der Waals surface area contributed by atoms with Gasteiger partial charge in [0.25, 0.3) is 5.56 Å². The van der Waals surface area contributed by atoms with Crippen molar-refractivity contribution in [3.05, 3.63) is 73.5 Å². The number of fused-ring (bicyclic) bond motifs is 1. The molecule has 0 fully saturated rings. The maximum Gasteiger partial charge on any atom is 0.291 e. The Bertz CT molecular complexity index is 1230. The van der Waals surface area contributed by atoms with Crippen LogP contribution in [-0.2, 0) is 0 Å². The van der Waals surface area contributed by atoms with Gasteiger partial charge in [-0.2, -0.15) is 9.50 Å². The van der Waals surface area contributed by atoms with Crippen LogP contribution in [0.25, 0.3) is 22.4 Å². The van der Waals surface area contributed by atoms with Crippen LogP contribution in [-0.4, -0.2) is 21.2 Å². The average molecular weight is 470 g/mol. The van der Waals surface area contributed by atoms with Gasteiger partial charge in [-0.05, 0) is 54.5 Å². The Balaban J connectivity index is 1.56. The molecule has 0 N–H and O–H groups in total. The number of benzene rings is 2. The summed E-state index contributed by atoms with van der Waals surface area (Å²) in [5.74, 6) is 1.38. The number of aromatic nitrogens is 3. The topological polar surface area (TPSA) is 56.5 Å². The van der Waals surface area contributed by atoms with Gasteiger partial charge in [0.05, 0.1) is 11.1 Å². The molecule has 2 heterocycles. The number of hydrogen-bond donors (Lipinski definition) is 0. The highest BCUT2D eigenvalue weighted by Crippen LogP contribution is 2.21. The Morgan fingerprint density at radius 2 is 2.00 bits per heavy atom. The van der Waals surface area contributed by atoms with Crippen LogP contribution in [0.1, 0.15) is 31.7 Å². The van der Waals surface area contributed by atoms with Crippen molar-refractivity contribution in [2.75, 3.05) is 6.61 Å². The highest BCUT2D eigenvalue weighted by Gasteiger charge is 2.12. The van der Waals surface area contributed by atoms with Crippen molar-refractivity contribution in [1.29, 1.82) is 0 Å². The maximum atomic E-state index is 12.7. The van der Waals surface area contributed by atoms with Crippen molar-refractivity contribution in [2.45, 2.75) is 26.2 Å². The van der Waals surface area contributed by atoms with Crippen LogP contribution < -0.4 is 14.8 Å². The van der Waals surface area contributed by atoms with Crippen LogP contribution in [0.4, 0.5) is 0 Å². The van der Waals surface area contributed by atoms with Crippen LogP contribution >= 0.6 is 27.3 Å². The number of ether oxygens (including phenoxy) is 1. The molecule has 5 nitrogen and oxygen atoms in total. The van der Waals surface area contributed by atoms with E-state index in [2.05, 4.69) is 32.9 Å². The standard InChI is InChI=1S/C22H20BrN3O2S/c1-2-3-4-12-28-18-10-8-16(9-11-18)20-24-22-26(25-20)21(27)19(29-22)14-15-6-5-7-17(23)13-15/h5-11,13-14H,2-4,12H2,1H3. The summed E-state index contributed by atoms with van der Waals surface area (Å²) in [6.45, 7) is 2.90. The fourth-order valence-electron chi connectivity index (χ4n) is 2.95. The van der Waals surface area contributed by atoms with E-state index in [4.69, 9.17) is 4.74 Å². The van der Waals surface area contributed by atoms with Gasteiger partial charge in [0.2, 0.25) is 4.96 Å². The summed E-state index contributed by atoms with van der Waals surface area (Å²) in [5, 5.41) is 4.41. The molecule has 0 bridgehead atoms. The Morgan fingerprint density at radius 1 is 1.17 bits per heavy atom. The molecule has 29 heavy (non-hydrogen) atoms. The lowest BCUT2D eigenvalue weighted by atomic mass is 10.2. The average Bonchev–Trinajstić information content (AvgIpc) is 3.26. The normalized spacial score (nSPS) is 12.0. The first-order valence-corrected chi connectivity index (χ1v) is 11.1. The van der Waals surface area contributed by atoms with Crippen LogP contribution in [0.3, 0.4) is 0 Å². The largest absolute Gasteiger partial charge is 0.494 e. The predicted molar refractivity (Wildman–Crippen MR) is 121 cm³/mol. The van der Waals surface area contributed by atoms with Gasteiger partial charge in [0.15, 0.2) is 5.82 Å². The predicted octanol–water partition coefficient (Wildman–Crippen LogP) is 4.70. The zero-order valence-electron chi connectivity index (χ0n) is 16.0. The van der Waals surface area contributed by atoms with Crippen molar-refractivity contribution in [2.24, 2.45) is 0 Å². The van der Waals surface area contributed by atoms with Gasteiger partial charge >= 0.3 is 0 Å². The fraction of sp³-hybridized carbons (Fsp3) is 0.227. The molecule has 0 unspecified atom stereocenters. The molecule has 0 aliphatic rings. The summed E-state index contributed by atoms with van der Waals surface area (Å²) in [4.78, 5) is 17.8. The number of hydrogen-bond acceptors (Lipinski definition) is 5. The van der Waals surface area contributed by atoms with E-state index in [0.29, 0.717) is 15.3 Å². The van der Waals surface area contributed by atoms with Crippen LogP contribution in [0, 0.1) is 0 Å². The summed E-state index contributed by atoms with van der Waals surface area (Å²) < 4.78 is 8.70. The summed E-state index contributed by atoms with van der Waals surface area (Å²) in [6, 6.07) is 15.5. The molecule has 0 amide bonds. The van der Waals surface area contributed by atoms with E-state index in [9.17, 15) is 4.79 Å². The highest BCUT2D eigenvalue weighted by atomic mass is 79.9. The van der Waals surface area contributed by atoms with Crippen molar-refractivity contribution < 1.29 is 4.74 Å². The fourth-order valence-corrected chi connectivity index (χ4v) is 4.27. The van der Waals surface area contributed by atoms with Gasteiger partial charge in [-0.15, -0.1) is 5.10 Å². The summed E-state index contributed by atoms with van der Waals surface area (Å²) >= 11 is 4.79. The molecule has 0 spiro atoms. The maximum absolute atomic E-state index is 12.7. The first-order valence-electron chi connectivity index (χ1n) is 9.54. The lowest BCUT2D eigenvalue weighted by Gasteiger charge is -2.05. The first-order chi connectivity index (χ1) is 14.1. The van der Waals surface area contributed by atoms with Gasteiger partial charge in [0, 0.05) is 10.0 Å². The molecule has 4 rings (SSSR count). The zero-order valence-corrected chi connectivity index (χ0v) is 18.4. The van der Waals surface area contributed by atoms with Gasteiger partial charge < -0.3 is 4.74 Å². The lowest BCUT2D eigenvalue weighted by Crippen LogP contribution is -2.23. The van der Waals surface area contributed by atoms with Gasteiger partial charge in [-0.3, -0.25) is 4.79 Å². The van der Waals surface area contributed by atoms with Crippen LogP contribution in [0.15, 0.2) is 57.8 Å². The summed E-state index contributed by atoms with van der Waals surface area (Å²) in [7, 11) is 0. The van der Waals surface area contributed by atoms with E-state index >= 15 is 0 Å². The molecule has 148 valence electrons. The number of halogens is 1. The third-order valence-corrected chi connectivity index (χ3v) is 5.91. The van der Waals surface area contributed by atoms with Gasteiger partial charge in [0.1, 0.15) is 5.75 Å². The third-order valence-electron chi connectivity index (χ3n) is 4.46. The number of rotatable bonds is 7. The van der Waals surface area contributed by atoms with E-state index in [1.807, 2.05) is 54.6 Å². The van der Waals surface area contributed by atoms with Crippen molar-refractivity contribution >= 4 is 38.3 Å². The molecule has 0 radical (unpaired) electrons. The molecule has 0 atom stereocenters. The van der Waals surface area contributed by atoms with Gasteiger partial charge in [-0.25, -0.2) is 0 Å². The highest BCUT2D eigenvalue weighted by molar-refractivity contribution is 9.10. The second-order valence-electron chi connectivity index (χ2n) is 6.68. The van der Waals surface area contributed by atoms with E-state index in [-0.39, 0.29) is 5.56 Å². The molecule has 0 saturated carbocycles. The lowest BCUT2D eigenvalue weighted by molar-refractivity contribution is 0.306.